The zero-order valence-corrected chi connectivity index (χ0v) is 20.3. The van der Waals surface area contributed by atoms with Gasteiger partial charge in [0.05, 0.1) is 5.92 Å². The van der Waals surface area contributed by atoms with Gasteiger partial charge in [0.15, 0.2) is 0 Å². The molecule has 0 aliphatic heterocycles. The normalized spacial score (nSPS) is 12.1. The van der Waals surface area contributed by atoms with Crippen LogP contribution in [0.1, 0.15) is 18.1 Å². The Labute approximate surface area is 208 Å². The Morgan fingerprint density at radius 1 is 0.914 bits per heavy atom. The number of carboxylic acids is 1. The highest BCUT2D eigenvalue weighted by atomic mass is 32.2. The largest absolute Gasteiger partial charge is 0.489 e. The minimum atomic E-state index is -0.755. The van der Waals surface area contributed by atoms with Crippen molar-refractivity contribution in [1.82, 2.24) is 0 Å². The minimum Gasteiger partial charge on any atom is -0.489 e. The molecule has 1 unspecified atom stereocenters. The second kappa shape index (κ2) is 10.3. The molecule has 0 radical (unpaired) electrons. The molecule has 4 aromatic carbocycles. The lowest BCUT2D eigenvalue weighted by atomic mass is 10.0. The third-order valence-electron chi connectivity index (χ3n) is 6.03. The molecule has 35 heavy (non-hydrogen) atoms. The maximum atomic E-state index is 11.0. The quantitative estimate of drug-likeness (QED) is 0.232. The summed E-state index contributed by atoms with van der Waals surface area (Å²) in [6.07, 6.45) is 0. The molecule has 0 saturated heterocycles. The van der Waals surface area contributed by atoms with E-state index in [9.17, 15) is 4.79 Å². The number of hydrogen-bond donors (Lipinski definition) is 1. The molecule has 0 aliphatic rings. The maximum Gasteiger partial charge on any atom is 0.307 e. The first-order chi connectivity index (χ1) is 17.1. The van der Waals surface area contributed by atoms with Crippen molar-refractivity contribution in [3.63, 3.8) is 0 Å². The molecule has 0 aliphatic carbocycles. The maximum absolute atomic E-state index is 11.0. The average molecular weight is 483 g/mol. The summed E-state index contributed by atoms with van der Waals surface area (Å²) >= 11 is 1.62. The highest BCUT2D eigenvalue weighted by Gasteiger charge is 2.12. The number of carboxylic acid groups (broad SMARTS) is 1. The summed E-state index contributed by atoms with van der Waals surface area (Å²) in [7, 11) is 0. The van der Waals surface area contributed by atoms with Gasteiger partial charge < -0.3 is 14.3 Å². The summed E-state index contributed by atoms with van der Waals surface area (Å²) < 4.78 is 12.2. The lowest BCUT2D eigenvalue weighted by Crippen LogP contribution is -2.11. The van der Waals surface area contributed by atoms with E-state index in [0.29, 0.717) is 12.4 Å². The zero-order valence-electron chi connectivity index (χ0n) is 19.4. The van der Waals surface area contributed by atoms with Crippen molar-refractivity contribution in [2.24, 2.45) is 5.92 Å². The Balaban J connectivity index is 1.25. The Kier molecular flexibility index (Phi) is 6.77. The number of thioether (sulfide) groups is 1. The van der Waals surface area contributed by atoms with Crippen LogP contribution >= 0.6 is 11.8 Å². The fourth-order valence-electron chi connectivity index (χ4n) is 4.07. The molecule has 5 aromatic rings. The van der Waals surface area contributed by atoms with Crippen LogP contribution in [-0.4, -0.2) is 16.8 Å². The van der Waals surface area contributed by atoms with Gasteiger partial charge in [0, 0.05) is 27.8 Å². The molecule has 176 valence electrons. The first-order valence-electron chi connectivity index (χ1n) is 11.6. The molecular weight excluding hydrogens is 456 g/mol. The van der Waals surface area contributed by atoms with E-state index in [0.717, 1.165) is 55.7 Å². The molecule has 1 aromatic heterocycles. The van der Waals surface area contributed by atoms with Crippen LogP contribution in [0.5, 0.6) is 5.75 Å². The van der Waals surface area contributed by atoms with Gasteiger partial charge in [0.1, 0.15) is 23.5 Å². The molecule has 0 saturated carbocycles. The number of fused-ring (bicyclic) bond motifs is 3. The van der Waals surface area contributed by atoms with Crippen molar-refractivity contribution >= 4 is 39.7 Å². The van der Waals surface area contributed by atoms with E-state index in [-0.39, 0.29) is 5.92 Å². The summed E-state index contributed by atoms with van der Waals surface area (Å²) in [4.78, 5) is 11.0. The van der Waals surface area contributed by atoms with Crippen molar-refractivity contribution in [2.45, 2.75) is 19.3 Å². The second-order valence-corrected chi connectivity index (χ2v) is 9.70. The van der Waals surface area contributed by atoms with Crippen LogP contribution in [0.25, 0.3) is 33.1 Å². The molecule has 0 spiro atoms. The van der Waals surface area contributed by atoms with Crippen LogP contribution < -0.4 is 4.74 Å². The Bertz CT molecular complexity index is 1470. The number of para-hydroxylation sites is 2. The minimum absolute atomic E-state index is 0.346. The van der Waals surface area contributed by atoms with Gasteiger partial charge in [-0.25, -0.2) is 0 Å². The van der Waals surface area contributed by atoms with Crippen molar-refractivity contribution in [3.05, 3.63) is 102 Å². The monoisotopic (exact) mass is 482 g/mol. The van der Waals surface area contributed by atoms with Gasteiger partial charge >= 0.3 is 5.97 Å². The van der Waals surface area contributed by atoms with E-state index in [4.69, 9.17) is 14.3 Å². The molecule has 5 heteroatoms. The van der Waals surface area contributed by atoms with E-state index >= 15 is 0 Å². The van der Waals surface area contributed by atoms with Crippen molar-refractivity contribution in [1.29, 1.82) is 0 Å². The molecular formula is C30H26O4S. The predicted molar refractivity (Wildman–Crippen MR) is 143 cm³/mol. The van der Waals surface area contributed by atoms with Crippen LogP contribution in [0, 0.1) is 5.92 Å². The summed E-state index contributed by atoms with van der Waals surface area (Å²) in [5, 5.41) is 11.3. The summed E-state index contributed by atoms with van der Waals surface area (Å²) in [6, 6.07) is 30.8. The molecule has 1 N–H and O–H groups in total. The number of ether oxygens (including phenoxy) is 1. The molecule has 1 atom stereocenters. The molecule has 1 heterocycles. The van der Waals surface area contributed by atoms with E-state index in [1.165, 1.54) is 0 Å². The van der Waals surface area contributed by atoms with Crippen LogP contribution in [-0.2, 0) is 17.2 Å². The Hall–Kier alpha value is -3.70. The number of hydrogen-bond acceptors (Lipinski definition) is 4. The first kappa shape index (κ1) is 23.1. The van der Waals surface area contributed by atoms with Gasteiger partial charge in [-0.3, -0.25) is 4.79 Å². The van der Waals surface area contributed by atoms with E-state index in [2.05, 4.69) is 48.5 Å². The number of aliphatic carboxylic acids is 1. The van der Waals surface area contributed by atoms with E-state index in [1.54, 1.807) is 18.7 Å². The summed E-state index contributed by atoms with van der Waals surface area (Å²) in [6.45, 7) is 2.21. The van der Waals surface area contributed by atoms with E-state index in [1.807, 2.05) is 42.5 Å². The number of furan rings is 1. The van der Waals surface area contributed by atoms with E-state index < -0.39 is 5.97 Å². The fourth-order valence-corrected chi connectivity index (χ4v) is 5.10. The van der Waals surface area contributed by atoms with Gasteiger partial charge in [0.2, 0.25) is 0 Å². The Morgan fingerprint density at radius 3 is 2.51 bits per heavy atom. The smallest absolute Gasteiger partial charge is 0.307 e. The average Bonchev–Trinajstić information content (AvgIpc) is 3.27. The summed E-state index contributed by atoms with van der Waals surface area (Å²) in [5.41, 5.74) is 6.20. The first-order valence-corrected chi connectivity index (χ1v) is 12.8. The lowest BCUT2D eigenvalue weighted by molar-refractivity contribution is -0.140. The molecule has 0 bridgehead atoms. The molecule has 4 nitrogen and oxygen atoms in total. The van der Waals surface area contributed by atoms with Crippen LogP contribution in [0.4, 0.5) is 0 Å². The van der Waals surface area contributed by atoms with Crippen LogP contribution in [0.2, 0.25) is 0 Å². The summed E-state index contributed by atoms with van der Waals surface area (Å²) in [5.74, 6) is 1.06. The number of rotatable bonds is 9. The van der Waals surface area contributed by atoms with Gasteiger partial charge in [-0.1, -0.05) is 79.7 Å². The molecule has 0 fully saturated rings. The third-order valence-corrected chi connectivity index (χ3v) is 7.30. The van der Waals surface area contributed by atoms with Crippen molar-refractivity contribution in [3.8, 4) is 16.9 Å². The van der Waals surface area contributed by atoms with Crippen LogP contribution in [0.15, 0.2) is 95.4 Å². The topological polar surface area (TPSA) is 59.7 Å². The third kappa shape index (κ3) is 5.20. The number of carbonyl (C=O) groups is 1. The van der Waals surface area contributed by atoms with Gasteiger partial charge in [0.25, 0.3) is 0 Å². The lowest BCUT2D eigenvalue weighted by Gasteiger charge is -2.10. The van der Waals surface area contributed by atoms with Gasteiger partial charge in [-0.15, -0.1) is 0 Å². The fraction of sp³-hybridized carbons (Fsp3) is 0.167. The van der Waals surface area contributed by atoms with Crippen molar-refractivity contribution in [2.75, 3.05) is 5.75 Å². The van der Waals surface area contributed by atoms with Crippen LogP contribution in [0.3, 0.4) is 0 Å². The van der Waals surface area contributed by atoms with Gasteiger partial charge in [-0.05, 0) is 34.9 Å². The standard InChI is InChI=1S/C30H26O4S/c1-20(30(31)32)18-35-19-22-6-4-7-24(16-22)33-17-21-12-14-23(15-13-21)25-9-5-10-27-26-8-2-3-11-28(26)34-29(25)27/h2-16,20H,17-19H2,1H3,(H,31,32). The molecule has 5 rings (SSSR count). The second-order valence-electron chi connectivity index (χ2n) is 8.67. The zero-order chi connectivity index (χ0) is 24.2. The molecule has 0 amide bonds. The van der Waals surface area contributed by atoms with Crippen molar-refractivity contribution < 1.29 is 19.1 Å². The SMILES string of the molecule is CC(CSCc1cccc(OCc2ccc(-c3cccc4c3oc3ccccc34)cc2)c1)C(=O)O. The number of benzene rings is 4. The highest BCUT2D eigenvalue weighted by Crippen LogP contribution is 2.35. The predicted octanol–water partition coefficient (Wildman–Crippen LogP) is 7.79. The van der Waals surface area contributed by atoms with Gasteiger partial charge in [-0.2, -0.15) is 11.8 Å². The highest BCUT2D eigenvalue weighted by molar-refractivity contribution is 7.98. The Morgan fingerprint density at radius 2 is 1.69 bits per heavy atom.